The van der Waals surface area contributed by atoms with Crippen molar-refractivity contribution in [2.75, 3.05) is 5.32 Å². The Morgan fingerprint density at radius 2 is 1.60 bits per heavy atom. The number of anilines is 1. The third-order valence-electron chi connectivity index (χ3n) is 2.77. The number of nitrogens with one attached hydrogen (secondary N) is 1. The fraction of sp³-hybridized carbons (Fsp3) is 0.0667. The van der Waals surface area contributed by atoms with Gasteiger partial charge in [-0.1, -0.05) is 42.5 Å². The van der Waals surface area contributed by atoms with Crippen molar-refractivity contribution in [1.82, 2.24) is 0 Å². The van der Waals surface area contributed by atoms with Crippen LogP contribution in [0.4, 0.5) is 5.69 Å². The molecule has 1 atom stereocenters. The van der Waals surface area contributed by atoms with Crippen molar-refractivity contribution >= 4 is 29.1 Å². The maximum atomic E-state index is 12.1. The van der Waals surface area contributed by atoms with Gasteiger partial charge in [-0.25, -0.2) is 0 Å². The van der Waals surface area contributed by atoms with Crippen LogP contribution in [0, 0.1) is 0 Å². The molecule has 102 valence electrons. The molecular formula is C15H13ClN2O2. The van der Waals surface area contributed by atoms with Gasteiger partial charge in [-0.3, -0.25) is 9.59 Å². The van der Waals surface area contributed by atoms with Crippen LogP contribution in [0.1, 0.15) is 21.3 Å². The number of amides is 2. The maximum Gasteiger partial charge on any atom is 0.250 e. The monoisotopic (exact) mass is 288 g/mol. The van der Waals surface area contributed by atoms with E-state index in [9.17, 15) is 9.59 Å². The van der Waals surface area contributed by atoms with E-state index < -0.39 is 17.2 Å². The average molecular weight is 289 g/mol. The van der Waals surface area contributed by atoms with Gasteiger partial charge in [-0.15, -0.1) is 11.6 Å². The number of halogens is 1. The van der Waals surface area contributed by atoms with E-state index >= 15 is 0 Å². The molecule has 0 fully saturated rings. The Kier molecular flexibility index (Phi) is 4.38. The molecule has 0 saturated carbocycles. The van der Waals surface area contributed by atoms with Crippen LogP contribution >= 0.6 is 11.6 Å². The Morgan fingerprint density at radius 3 is 2.25 bits per heavy atom. The zero-order valence-electron chi connectivity index (χ0n) is 10.5. The summed E-state index contributed by atoms with van der Waals surface area (Å²) in [6.45, 7) is 0. The summed E-state index contributed by atoms with van der Waals surface area (Å²) in [6.07, 6.45) is 0. The molecule has 0 heterocycles. The fourth-order valence-electron chi connectivity index (χ4n) is 1.78. The number of primary amides is 1. The number of hydrogen-bond donors (Lipinski definition) is 2. The fourth-order valence-corrected chi connectivity index (χ4v) is 1.98. The molecular weight excluding hydrogens is 276 g/mol. The number of hydrogen-bond acceptors (Lipinski definition) is 2. The molecule has 3 N–H and O–H groups in total. The van der Waals surface area contributed by atoms with E-state index in [2.05, 4.69) is 5.32 Å². The van der Waals surface area contributed by atoms with Crippen LogP contribution in [0.15, 0.2) is 54.6 Å². The summed E-state index contributed by atoms with van der Waals surface area (Å²) in [4.78, 5) is 23.4. The number of para-hydroxylation sites is 1. The molecule has 20 heavy (non-hydrogen) atoms. The minimum atomic E-state index is -0.836. The van der Waals surface area contributed by atoms with Crippen LogP contribution in [0.3, 0.4) is 0 Å². The van der Waals surface area contributed by atoms with E-state index in [1.54, 1.807) is 48.5 Å². The number of nitrogens with two attached hydrogens (primary N) is 1. The average Bonchev–Trinajstić information content (AvgIpc) is 2.47. The summed E-state index contributed by atoms with van der Waals surface area (Å²) in [6, 6.07) is 15.5. The predicted molar refractivity (Wildman–Crippen MR) is 78.6 cm³/mol. The molecule has 2 aromatic carbocycles. The predicted octanol–water partition coefficient (Wildman–Crippen LogP) is 2.70. The molecule has 2 rings (SSSR count). The molecule has 2 amide bonds. The van der Waals surface area contributed by atoms with Gasteiger partial charge in [0.15, 0.2) is 0 Å². The van der Waals surface area contributed by atoms with E-state index in [1.165, 1.54) is 0 Å². The van der Waals surface area contributed by atoms with Gasteiger partial charge in [-0.05, 0) is 17.7 Å². The lowest BCUT2D eigenvalue weighted by atomic mass is 10.1. The van der Waals surface area contributed by atoms with Crippen LogP contribution < -0.4 is 11.1 Å². The third kappa shape index (κ3) is 3.16. The topological polar surface area (TPSA) is 72.2 Å². The first kappa shape index (κ1) is 14.1. The lowest BCUT2D eigenvalue weighted by molar-refractivity contribution is -0.116. The van der Waals surface area contributed by atoms with Crippen LogP contribution in [-0.2, 0) is 4.79 Å². The second-order valence-corrected chi connectivity index (χ2v) is 4.61. The minimum Gasteiger partial charge on any atom is -0.366 e. The molecule has 5 heteroatoms. The number of carbonyl (C=O) groups excluding carboxylic acids is 2. The molecule has 0 aliphatic heterocycles. The van der Waals surface area contributed by atoms with Gasteiger partial charge in [0.1, 0.15) is 5.38 Å². The Bertz CT molecular complexity index is 629. The molecule has 0 bridgehead atoms. The van der Waals surface area contributed by atoms with Crippen molar-refractivity contribution in [3.05, 3.63) is 65.7 Å². The molecule has 4 nitrogen and oxygen atoms in total. The maximum absolute atomic E-state index is 12.1. The molecule has 0 aromatic heterocycles. The summed E-state index contributed by atoms with van der Waals surface area (Å²) in [5, 5.41) is 1.78. The van der Waals surface area contributed by atoms with Crippen molar-refractivity contribution in [2.45, 2.75) is 5.38 Å². The lowest BCUT2D eigenvalue weighted by Gasteiger charge is -2.12. The Hall–Kier alpha value is -2.33. The standard InChI is InChI=1S/C15H13ClN2O2/c16-13(10-6-2-1-3-7-10)15(20)18-12-9-5-4-8-11(12)14(17)19/h1-9,13H,(H2,17,19)(H,18,20)/t13-/m1/s1. The number of rotatable bonds is 4. The van der Waals surface area contributed by atoms with Crippen LogP contribution in [0.2, 0.25) is 0 Å². The number of alkyl halides is 1. The van der Waals surface area contributed by atoms with E-state index in [0.29, 0.717) is 11.3 Å². The normalized spacial score (nSPS) is 11.7. The van der Waals surface area contributed by atoms with Crippen molar-refractivity contribution in [1.29, 1.82) is 0 Å². The zero-order valence-corrected chi connectivity index (χ0v) is 11.3. The molecule has 0 aliphatic carbocycles. The van der Waals surface area contributed by atoms with Crippen molar-refractivity contribution in [3.8, 4) is 0 Å². The van der Waals surface area contributed by atoms with Gasteiger partial charge < -0.3 is 11.1 Å². The summed E-state index contributed by atoms with van der Waals surface area (Å²) in [7, 11) is 0. The summed E-state index contributed by atoms with van der Waals surface area (Å²) in [5.74, 6) is -1.02. The molecule has 0 aliphatic rings. The van der Waals surface area contributed by atoms with Crippen molar-refractivity contribution < 1.29 is 9.59 Å². The molecule has 0 unspecified atom stereocenters. The highest BCUT2D eigenvalue weighted by Crippen LogP contribution is 2.23. The van der Waals surface area contributed by atoms with E-state index in [-0.39, 0.29) is 5.56 Å². The lowest BCUT2D eigenvalue weighted by Crippen LogP contribution is -2.21. The Balaban J connectivity index is 2.18. The van der Waals surface area contributed by atoms with Crippen molar-refractivity contribution in [3.63, 3.8) is 0 Å². The highest BCUT2D eigenvalue weighted by molar-refractivity contribution is 6.32. The van der Waals surface area contributed by atoms with Gasteiger partial charge in [0.05, 0.1) is 11.3 Å². The summed E-state index contributed by atoms with van der Waals surface area (Å²) < 4.78 is 0. The van der Waals surface area contributed by atoms with Crippen LogP contribution in [-0.4, -0.2) is 11.8 Å². The zero-order chi connectivity index (χ0) is 14.5. The molecule has 0 radical (unpaired) electrons. The van der Waals surface area contributed by atoms with E-state index in [1.807, 2.05) is 6.07 Å². The van der Waals surface area contributed by atoms with Gasteiger partial charge in [0.2, 0.25) is 5.91 Å². The summed E-state index contributed by atoms with van der Waals surface area (Å²) in [5.41, 5.74) is 6.54. The summed E-state index contributed by atoms with van der Waals surface area (Å²) >= 11 is 6.11. The SMILES string of the molecule is NC(=O)c1ccccc1NC(=O)[C@H](Cl)c1ccccc1. The highest BCUT2D eigenvalue weighted by Gasteiger charge is 2.19. The van der Waals surface area contributed by atoms with Crippen LogP contribution in [0.25, 0.3) is 0 Å². The Morgan fingerprint density at radius 1 is 1.00 bits per heavy atom. The van der Waals surface area contributed by atoms with Gasteiger partial charge >= 0.3 is 0 Å². The van der Waals surface area contributed by atoms with E-state index in [4.69, 9.17) is 17.3 Å². The number of benzene rings is 2. The second-order valence-electron chi connectivity index (χ2n) is 4.17. The quantitative estimate of drug-likeness (QED) is 0.849. The third-order valence-corrected chi connectivity index (χ3v) is 3.22. The van der Waals surface area contributed by atoms with Gasteiger partial charge in [0, 0.05) is 0 Å². The first-order valence-corrected chi connectivity index (χ1v) is 6.42. The number of carbonyl (C=O) groups is 2. The van der Waals surface area contributed by atoms with Crippen molar-refractivity contribution in [2.24, 2.45) is 5.73 Å². The second kappa shape index (κ2) is 6.21. The minimum absolute atomic E-state index is 0.248. The Labute approximate surface area is 121 Å². The van der Waals surface area contributed by atoms with Gasteiger partial charge in [0.25, 0.3) is 5.91 Å². The van der Waals surface area contributed by atoms with Crippen LogP contribution in [0.5, 0.6) is 0 Å². The largest absolute Gasteiger partial charge is 0.366 e. The highest BCUT2D eigenvalue weighted by atomic mass is 35.5. The molecule has 0 spiro atoms. The smallest absolute Gasteiger partial charge is 0.250 e. The molecule has 2 aromatic rings. The first-order chi connectivity index (χ1) is 9.59. The molecule has 0 saturated heterocycles. The first-order valence-electron chi connectivity index (χ1n) is 5.98. The van der Waals surface area contributed by atoms with E-state index in [0.717, 1.165) is 0 Å². The van der Waals surface area contributed by atoms with Gasteiger partial charge in [-0.2, -0.15) is 0 Å².